The topological polar surface area (TPSA) is 54.4 Å². The van der Waals surface area contributed by atoms with Gasteiger partial charge in [0.05, 0.1) is 7.11 Å². The molecule has 0 radical (unpaired) electrons. The Hall–Kier alpha value is -1.06. The van der Waals surface area contributed by atoms with Crippen molar-refractivity contribution in [1.29, 1.82) is 0 Å². The molecule has 2 aromatic rings. The zero-order chi connectivity index (χ0) is 16.5. The van der Waals surface area contributed by atoms with Gasteiger partial charge in [0.2, 0.25) is 5.88 Å². The molecule has 2 rings (SSSR count). The fraction of sp³-hybridized carbons (Fsp3) is 0.353. The molecule has 0 atom stereocenters. The van der Waals surface area contributed by atoms with E-state index in [4.69, 9.17) is 4.74 Å². The summed E-state index contributed by atoms with van der Waals surface area (Å²) in [5, 5.41) is 13.1. The minimum absolute atomic E-state index is 0. The summed E-state index contributed by atoms with van der Waals surface area (Å²) in [6.07, 6.45) is 1.71. The molecule has 0 bridgehead atoms. The predicted octanol–water partition coefficient (Wildman–Crippen LogP) is 3.98. The Morgan fingerprint density at radius 1 is 1.35 bits per heavy atom. The second kappa shape index (κ2) is 11.5. The number of nitrogens with zero attached hydrogens (tertiary/aromatic N) is 1. The van der Waals surface area contributed by atoms with Gasteiger partial charge in [0.15, 0.2) is 0 Å². The Bertz CT molecular complexity index is 609. The number of benzene rings is 1. The van der Waals surface area contributed by atoms with E-state index in [1.54, 1.807) is 19.4 Å². The fourth-order valence-corrected chi connectivity index (χ4v) is 2.22. The van der Waals surface area contributed by atoms with Gasteiger partial charge in [0, 0.05) is 41.9 Å². The molecule has 6 heteroatoms. The maximum Gasteiger partial charge on any atom is 0.213 e. The van der Waals surface area contributed by atoms with Crippen LogP contribution in [-0.2, 0) is 30.5 Å². The first-order chi connectivity index (χ1) is 10.6. The molecule has 4 nitrogen and oxygen atoms in total. The van der Waals surface area contributed by atoms with Gasteiger partial charge >= 0.3 is 0 Å². The molecule has 0 aliphatic heterocycles. The Labute approximate surface area is 157 Å². The van der Waals surface area contributed by atoms with Crippen molar-refractivity contribution in [2.24, 2.45) is 0 Å². The minimum atomic E-state index is 0. The van der Waals surface area contributed by atoms with Gasteiger partial charge in [0.1, 0.15) is 0 Å². The summed E-state index contributed by atoms with van der Waals surface area (Å²) in [7, 11) is 1.60. The molecular formula is C17H22BrCrN2O2-. The summed E-state index contributed by atoms with van der Waals surface area (Å²) in [5.41, 5.74) is 2.94. The van der Waals surface area contributed by atoms with Crippen LogP contribution in [0.15, 0.2) is 28.9 Å². The Balaban J connectivity index is 0.00000155. The molecular weight excluding hydrogens is 396 g/mol. The van der Waals surface area contributed by atoms with Gasteiger partial charge in [0.25, 0.3) is 0 Å². The van der Waals surface area contributed by atoms with Gasteiger partial charge in [-0.3, -0.25) is 0 Å². The van der Waals surface area contributed by atoms with E-state index in [2.05, 4.69) is 32.3 Å². The number of pyridine rings is 1. The number of phenols is 1. The van der Waals surface area contributed by atoms with Crippen LogP contribution in [0.3, 0.4) is 0 Å². The van der Waals surface area contributed by atoms with Crippen molar-refractivity contribution in [2.45, 2.75) is 33.9 Å². The maximum absolute atomic E-state index is 9.85. The van der Waals surface area contributed by atoms with E-state index in [9.17, 15) is 5.11 Å². The average Bonchev–Trinajstić information content (AvgIpc) is 2.56. The quantitative estimate of drug-likeness (QED) is 0.722. The smallest absolute Gasteiger partial charge is 0.213 e. The monoisotopic (exact) mass is 417 g/mol. The number of ether oxygens (including phenoxy) is 1. The van der Waals surface area contributed by atoms with E-state index in [1.807, 2.05) is 32.9 Å². The van der Waals surface area contributed by atoms with E-state index >= 15 is 0 Å². The van der Waals surface area contributed by atoms with E-state index in [-0.39, 0.29) is 23.1 Å². The van der Waals surface area contributed by atoms with Gasteiger partial charge < -0.3 is 15.2 Å². The molecule has 0 saturated carbocycles. The van der Waals surface area contributed by atoms with Gasteiger partial charge in [-0.1, -0.05) is 30.8 Å². The molecule has 0 aliphatic rings. The second-order valence-electron chi connectivity index (χ2n) is 4.40. The van der Waals surface area contributed by atoms with Crippen LogP contribution in [-0.4, -0.2) is 17.2 Å². The van der Waals surface area contributed by atoms with Gasteiger partial charge in [-0.15, -0.1) is 27.6 Å². The molecule has 0 aliphatic carbocycles. The number of phenolic OH excluding ortho intramolecular Hbond substituents is 1. The van der Waals surface area contributed by atoms with Crippen molar-refractivity contribution >= 4 is 15.9 Å². The zero-order valence-corrected chi connectivity index (χ0v) is 16.7. The molecule has 0 saturated heterocycles. The van der Waals surface area contributed by atoms with Gasteiger partial charge in [-0.2, -0.15) is 6.07 Å². The van der Waals surface area contributed by atoms with Crippen LogP contribution in [0.25, 0.3) is 0 Å². The van der Waals surface area contributed by atoms with Gasteiger partial charge in [-0.05, 0) is 18.2 Å². The standard InChI is InChI=1S/C15H16BrN2O2.C2H6.Cr/c1-10-12(14(19)4-3-13(10)16)9-17-8-11-5-6-18-15(7-11)20-2;1-2;/h3,5-7,17,19H,8-9H2,1-2H3;1-2H3;/q-1;;. The van der Waals surface area contributed by atoms with E-state index < -0.39 is 0 Å². The van der Waals surface area contributed by atoms with Crippen molar-refractivity contribution in [2.75, 3.05) is 7.11 Å². The zero-order valence-electron chi connectivity index (χ0n) is 13.8. The molecule has 2 N–H and O–H groups in total. The van der Waals surface area contributed by atoms with E-state index in [0.717, 1.165) is 21.2 Å². The third-order valence-corrected chi connectivity index (χ3v) is 3.90. The third-order valence-electron chi connectivity index (χ3n) is 3.07. The Kier molecular flexibility index (Phi) is 10.9. The summed E-state index contributed by atoms with van der Waals surface area (Å²) in [5.74, 6) is 0.782. The minimum Gasteiger partial charge on any atom is -0.534 e. The number of aromatic hydroxyl groups is 1. The number of hydrogen-bond donors (Lipinski definition) is 2. The molecule has 0 amide bonds. The number of hydrogen-bond acceptors (Lipinski definition) is 4. The molecule has 1 heterocycles. The Morgan fingerprint density at radius 3 is 2.70 bits per heavy atom. The summed E-state index contributed by atoms with van der Waals surface area (Å²) in [6.45, 7) is 7.20. The molecule has 0 spiro atoms. The van der Waals surface area contributed by atoms with Crippen LogP contribution in [0, 0.1) is 13.0 Å². The Morgan fingerprint density at radius 2 is 2.04 bits per heavy atom. The van der Waals surface area contributed by atoms with Crippen LogP contribution in [0.2, 0.25) is 0 Å². The van der Waals surface area contributed by atoms with E-state index in [1.165, 1.54) is 0 Å². The first-order valence-corrected chi connectivity index (χ1v) is 7.99. The van der Waals surface area contributed by atoms with Crippen LogP contribution < -0.4 is 10.1 Å². The molecule has 23 heavy (non-hydrogen) atoms. The average molecular weight is 418 g/mol. The normalized spacial score (nSPS) is 9.43. The third kappa shape index (κ3) is 6.52. The van der Waals surface area contributed by atoms with Crippen molar-refractivity contribution in [3.05, 3.63) is 51.6 Å². The molecule has 126 valence electrons. The van der Waals surface area contributed by atoms with Crippen LogP contribution in [0.4, 0.5) is 0 Å². The fourth-order valence-electron chi connectivity index (χ4n) is 1.87. The summed E-state index contributed by atoms with van der Waals surface area (Å²) in [6, 6.07) is 8.35. The van der Waals surface area contributed by atoms with Crippen LogP contribution in [0.1, 0.15) is 30.5 Å². The largest absolute Gasteiger partial charge is 0.534 e. The molecule has 1 aromatic heterocycles. The molecule has 0 unspecified atom stereocenters. The van der Waals surface area contributed by atoms with E-state index in [0.29, 0.717) is 19.0 Å². The molecule has 0 fully saturated rings. The first-order valence-electron chi connectivity index (χ1n) is 7.20. The number of methoxy groups -OCH3 is 1. The van der Waals surface area contributed by atoms with Crippen molar-refractivity contribution in [1.82, 2.24) is 10.3 Å². The van der Waals surface area contributed by atoms with Crippen molar-refractivity contribution in [3.63, 3.8) is 0 Å². The van der Waals surface area contributed by atoms with Crippen molar-refractivity contribution < 1.29 is 27.2 Å². The summed E-state index contributed by atoms with van der Waals surface area (Å²) < 4.78 is 6.03. The number of nitrogens with one attached hydrogen (secondary N) is 1. The van der Waals surface area contributed by atoms with Crippen LogP contribution in [0.5, 0.6) is 11.6 Å². The SMILES string of the molecule is CC.COc1cc(CNCc2c(O)[c-]cc(Br)c2C)ccn1.[Cr]. The van der Waals surface area contributed by atoms with Gasteiger partial charge in [-0.25, -0.2) is 4.98 Å². The second-order valence-corrected chi connectivity index (χ2v) is 5.25. The summed E-state index contributed by atoms with van der Waals surface area (Å²) >= 11 is 3.44. The number of rotatable bonds is 5. The van der Waals surface area contributed by atoms with Crippen LogP contribution >= 0.6 is 15.9 Å². The first kappa shape index (κ1) is 21.9. The maximum atomic E-state index is 9.85. The summed E-state index contributed by atoms with van der Waals surface area (Å²) in [4.78, 5) is 4.06. The predicted molar refractivity (Wildman–Crippen MR) is 92.1 cm³/mol. The molecule has 1 aromatic carbocycles. The van der Waals surface area contributed by atoms with Crippen molar-refractivity contribution in [3.8, 4) is 11.6 Å². The number of halogens is 1. The number of aromatic nitrogens is 1.